The third-order valence-electron chi connectivity index (χ3n) is 2.76. The van der Waals surface area contributed by atoms with E-state index in [9.17, 15) is 4.39 Å². The van der Waals surface area contributed by atoms with Crippen molar-refractivity contribution in [3.63, 3.8) is 0 Å². The summed E-state index contributed by atoms with van der Waals surface area (Å²) in [6, 6.07) is 12.1. The minimum atomic E-state index is -0.354. The minimum Gasteiger partial charge on any atom is -0.494 e. The van der Waals surface area contributed by atoms with Gasteiger partial charge in [0.15, 0.2) is 11.6 Å². The van der Waals surface area contributed by atoms with Crippen LogP contribution >= 0.6 is 0 Å². The highest BCUT2D eigenvalue weighted by Crippen LogP contribution is 2.18. The normalized spacial score (nSPS) is 10.2. The number of methoxy groups -OCH3 is 1. The SMILES string of the molecule is COc1ccc(CCOc2ccc(N)cc2)cc1F. The smallest absolute Gasteiger partial charge is 0.165 e. The number of nitrogens with two attached hydrogens (primary N) is 1. The first kappa shape index (κ1) is 13.2. The van der Waals surface area contributed by atoms with Crippen molar-refractivity contribution in [1.82, 2.24) is 0 Å². The lowest BCUT2D eigenvalue weighted by Gasteiger charge is -2.08. The molecule has 0 aliphatic heterocycles. The fourth-order valence-electron chi connectivity index (χ4n) is 1.72. The highest BCUT2D eigenvalue weighted by molar-refractivity contribution is 5.41. The molecule has 0 unspecified atom stereocenters. The second-order valence-electron chi connectivity index (χ2n) is 4.14. The van der Waals surface area contributed by atoms with E-state index in [1.807, 2.05) is 18.2 Å². The number of hydrogen-bond donors (Lipinski definition) is 1. The van der Waals surface area contributed by atoms with Crippen LogP contribution < -0.4 is 15.2 Å². The van der Waals surface area contributed by atoms with E-state index < -0.39 is 0 Å². The molecule has 0 bridgehead atoms. The summed E-state index contributed by atoms with van der Waals surface area (Å²) in [5, 5.41) is 0. The fraction of sp³-hybridized carbons (Fsp3) is 0.200. The molecule has 0 fully saturated rings. The Kier molecular flexibility index (Phi) is 4.23. The lowest BCUT2D eigenvalue weighted by atomic mass is 10.1. The second-order valence-corrected chi connectivity index (χ2v) is 4.14. The van der Waals surface area contributed by atoms with Gasteiger partial charge in [-0.05, 0) is 42.0 Å². The molecule has 0 saturated heterocycles. The molecule has 2 aromatic rings. The van der Waals surface area contributed by atoms with Gasteiger partial charge in [-0.25, -0.2) is 4.39 Å². The molecule has 0 aromatic heterocycles. The molecule has 3 nitrogen and oxygen atoms in total. The summed E-state index contributed by atoms with van der Waals surface area (Å²) in [6.07, 6.45) is 0.630. The molecule has 0 aliphatic carbocycles. The molecule has 0 saturated carbocycles. The average molecular weight is 261 g/mol. The van der Waals surface area contributed by atoms with E-state index in [0.29, 0.717) is 18.7 Å². The monoisotopic (exact) mass is 261 g/mol. The number of halogens is 1. The van der Waals surface area contributed by atoms with Crippen LogP contribution in [0.25, 0.3) is 0 Å². The predicted octanol–water partition coefficient (Wildman–Crippen LogP) is 3.04. The van der Waals surface area contributed by atoms with E-state index in [4.69, 9.17) is 15.2 Å². The van der Waals surface area contributed by atoms with Crippen molar-refractivity contribution in [2.75, 3.05) is 19.5 Å². The van der Waals surface area contributed by atoms with Crippen LogP contribution in [0.1, 0.15) is 5.56 Å². The van der Waals surface area contributed by atoms with Crippen molar-refractivity contribution in [2.24, 2.45) is 0 Å². The Balaban J connectivity index is 1.88. The van der Waals surface area contributed by atoms with Crippen LogP contribution in [0.5, 0.6) is 11.5 Å². The third kappa shape index (κ3) is 3.61. The lowest BCUT2D eigenvalue weighted by molar-refractivity contribution is 0.321. The van der Waals surface area contributed by atoms with Gasteiger partial charge in [-0.2, -0.15) is 0 Å². The van der Waals surface area contributed by atoms with Gasteiger partial charge in [0.25, 0.3) is 0 Å². The summed E-state index contributed by atoms with van der Waals surface area (Å²) in [4.78, 5) is 0. The quantitative estimate of drug-likeness (QED) is 0.841. The maximum Gasteiger partial charge on any atom is 0.165 e. The summed E-state index contributed by atoms with van der Waals surface area (Å²) in [5.74, 6) is 0.652. The van der Waals surface area contributed by atoms with E-state index in [2.05, 4.69) is 0 Å². The summed E-state index contributed by atoms with van der Waals surface area (Å²) in [5.41, 5.74) is 7.15. The highest BCUT2D eigenvalue weighted by atomic mass is 19.1. The molecule has 100 valence electrons. The molecule has 2 N–H and O–H groups in total. The molecule has 0 atom stereocenters. The van der Waals surface area contributed by atoms with Crippen LogP contribution in [0.4, 0.5) is 10.1 Å². The van der Waals surface area contributed by atoms with Crippen LogP contribution in [-0.4, -0.2) is 13.7 Å². The first-order chi connectivity index (χ1) is 9.19. The molecule has 4 heteroatoms. The van der Waals surface area contributed by atoms with Crippen molar-refractivity contribution >= 4 is 5.69 Å². The highest BCUT2D eigenvalue weighted by Gasteiger charge is 2.03. The molecular weight excluding hydrogens is 245 g/mol. The van der Waals surface area contributed by atoms with Gasteiger partial charge in [-0.1, -0.05) is 6.07 Å². The maximum atomic E-state index is 13.5. The van der Waals surface area contributed by atoms with Gasteiger partial charge in [0.2, 0.25) is 0 Å². The Hall–Kier alpha value is -2.23. The van der Waals surface area contributed by atoms with Gasteiger partial charge < -0.3 is 15.2 Å². The Morgan fingerprint density at radius 1 is 1.11 bits per heavy atom. The lowest BCUT2D eigenvalue weighted by Crippen LogP contribution is -2.02. The van der Waals surface area contributed by atoms with Gasteiger partial charge in [0.05, 0.1) is 13.7 Å². The molecule has 0 spiro atoms. The zero-order chi connectivity index (χ0) is 13.7. The standard InChI is InChI=1S/C15H16FNO2/c1-18-15-7-2-11(10-14(15)16)8-9-19-13-5-3-12(17)4-6-13/h2-7,10H,8-9,17H2,1H3. The van der Waals surface area contributed by atoms with Gasteiger partial charge in [-0.15, -0.1) is 0 Å². The first-order valence-corrected chi connectivity index (χ1v) is 6.00. The number of hydrogen-bond acceptors (Lipinski definition) is 3. The van der Waals surface area contributed by atoms with Crippen LogP contribution in [0.2, 0.25) is 0 Å². The molecule has 0 radical (unpaired) electrons. The van der Waals surface area contributed by atoms with Crippen LogP contribution in [-0.2, 0) is 6.42 Å². The van der Waals surface area contributed by atoms with Crippen molar-refractivity contribution in [3.05, 3.63) is 53.8 Å². The van der Waals surface area contributed by atoms with Crippen molar-refractivity contribution in [1.29, 1.82) is 0 Å². The van der Waals surface area contributed by atoms with E-state index in [-0.39, 0.29) is 11.6 Å². The first-order valence-electron chi connectivity index (χ1n) is 6.00. The Morgan fingerprint density at radius 3 is 2.47 bits per heavy atom. The van der Waals surface area contributed by atoms with E-state index in [1.165, 1.54) is 13.2 Å². The number of anilines is 1. The zero-order valence-corrected chi connectivity index (χ0v) is 10.7. The molecule has 0 aliphatic rings. The number of rotatable bonds is 5. The van der Waals surface area contributed by atoms with Crippen LogP contribution in [0.3, 0.4) is 0 Å². The Labute approximate surface area is 111 Å². The Bertz CT molecular complexity index is 540. The maximum absolute atomic E-state index is 13.5. The summed E-state index contributed by atoms with van der Waals surface area (Å²) >= 11 is 0. The second kappa shape index (κ2) is 6.09. The van der Waals surface area contributed by atoms with Gasteiger partial charge in [0.1, 0.15) is 5.75 Å². The molecule has 19 heavy (non-hydrogen) atoms. The fourth-order valence-corrected chi connectivity index (χ4v) is 1.72. The van der Waals surface area contributed by atoms with Gasteiger partial charge >= 0.3 is 0 Å². The summed E-state index contributed by atoms with van der Waals surface area (Å²) in [7, 11) is 1.45. The van der Waals surface area contributed by atoms with E-state index in [0.717, 1.165) is 11.3 Å². The minimum absolute atomic E-state index is 0.253. The summed E-state index contributed by atoms with van der Waals surface area (Å²) in [6.45, 7) is 0.482. The third-order valence-corrected chi connectivity index (χ3v) is 2.76. The van der Waals surface area contributed by atoms with Crippen molar-refractivity contribution in [3.8, 4) is 11.5 Å². The molecule has 2 rings (SSSR count). The largest absolute Gasteiger partial charge is 0.494 e. The number of benzene rings is 2. The molecule has 2 aromatic carbocycles. The zero-order valence-electron chi connectivity index (χ0n) is 10.7. The summed E-state index contributed by atoms with van der Waals surface area (Å²) < 4.78 is 23.9. The Morgan fingerprint density at radius 2 is 1.84 bits per heavy atom. The number of ether oxygens (including phenoxy) is 2. The van der Waals surface area contributed by atoms with Crippen molar-refractivity contribution in [2.45, 2.75) is 6.42 Å². The van der Waals surface area contributed by atoms with Crippen LogP contribution in [0.15, 0.2) is 42.5 Å². The van der Waals surface area contributed by atoms with Crippen LogP contribution in [0, 0.1) is 5.82 Å². The molecule has 0 heterocycles. The van der Waals surface area contributed by atoms with Crippen molar-refractivity contribution < 1.29 is 13.9 Å². The van der Waals surface area contributed by atoms with E-state index >= 15 is 0 Å². The molecule has 0 amide bonds. The topological polar surface area (TPSA) is 44.5 Å². The molecular formula is C15H16FNO2. The average Bonchev–Trinajstić information content (AvgIpc) is 2.41. The van der Waals surface area contributed by atoms with Gasteiger partial charge in [0, 0.05) is 12.1 Å². The predicted molar refractivity (Wildman–Crippen MR) is 73.0 cm³/mol. The number of nitrogen functional groups attached to an aromatic ring is 1. The van der Waals surface area contributed by atoms with E-state index in [1.54, 1.807) is 18.2 Å². The van der Waals surface area contributed by atoms with Gasteiger partial charge in [-0.3, -0.25) is 0 Å².